The maximum Gasteiger partial charge on any atom is 0.305 e. The number of ether oxygens (including phenoxy) is 1. The number of carbonyl (C=O) groups excluding carboxylic acids is 2. The third-order valence-electron chi connectivity index (χ3n) is 4.13. The average molecular weight is 432 g/mol. The lowest BCUT2D eigenvalue weighted by atomic mass is 10.1. The molecule has 0 radical (unpaired) electrons. The summed E-state index contributed by atoms with van der Waals surface area (Å²) in [5, 5.41) is 10.7. The Balaban J connectivity index is 1.69. The van der Waals surface area contributed by atoms with Crippen molar-refractivity contribution in [2.75, 3.05) is 13.7 Å². The second-order valence-corrected chi connectivity index (χ2v) is 7.69. The first-order chi connectivity index (χ1) is 13.9. The summed E-state index contributed by atoms with van der Waals surface area (Å²) in [5.74, 6) is 0.423. The van der Waals surface area contributed by atoms with E-state index in [2.05, 4.69) is 4.74 Å². The summed E-state index contributed by atoms with van der Waals surface area (Å²) in [4.78, 5) is 35.9. The average Bonchev–Trinajstić information content (AvgIpc) is 3.28. The van der Waals surface area contributed by atoms with Crippen LogP contribution in [0.3, 0.4) is 0 Å². The lowest BCUT2D eigenvalue weighted by molar-refractivity contribution is -0.384. The van der Waals surface area contributed by atoms with Gasteiger partial charge in [0.05, 0.1) is 16.9 Å². The molecule has 1 aromatic carbocycles. The summed E-state index contributed by atoms with van der Waals surface area (Å²) in [5.41, 5.74) is 0.682. The first-order valence-electron chi connectivity index (χ1n) is 8.56. The minimum atomic E-state index is -0.468. The van der Waals surface area contributed by atoms with Gasteiger partial charge >= 0.3 is 5.97 Å². The van der Waals surface area contributed by atoms with E-state index in [-0.39, 0.29) is 24.0 Å². The molecule has 0 bridgehead atoms. The van der Waals surface area contributed by atoms with Crippen molar-refractivity contribution >= 4 is 51.9 Å². The molecule has 2 heterocycles. The monoisotopic (exact) mass is 432 g/mol. The molecule has 1 aliphatic rings. The fourth-order valence-corrected chi connectivity index (χ4v) is 3.93. The highest BCUT2D eigenvalue weighted by molar-refractivity contribution is 8.26. The van der Waals surface area contributed by atoms with Crippen LogP contribution in [0.15, 0.2) is 45.7 Å². The number of thiocarbonyl (C=S) groups is 1. The maximum atomic E-state index is 12.6. The number of furan rings is 1. The van der Waals surface area contributed by atoms with Gasteiger partial charge < -0.3 is 9.15 Å². The lowest BCUT2D eigenvalue weighted by Crippen LogP contribution is -2.29. The number of hydrogen-bond donors (Lipinski definition) is 0. The second-order valence-electron chi connectivity index (χ2n) is 6.02. The highest BCUT2D eigenvalue weighted by Gasteiger charge is 2.32. The van der Waals surface area contributed by atoms with Crippen molar-refractivity contribution in [3.63, 3.8) is 0 Å². The van der Waals surface area contributed by atoms with Crippen LogP contribution in [-0.2, 0) is 14.3 Å². The number of benzene rings is 1. The topological polar surface area (TPSA) is 103 Å². The van der Waals surface area contributed by atoms with Crippen molar-refractivity contribution < 1.29 is 23.7 Å². The summed E-state index contributed by atoms with van der Waals surface area (Å²) in [6.45, 7) is 0.337. The van der Waals surface area contributed by atoms with E-state index in [9.17, 15) is 19.7 Å². The molecule has 29 heavy (non-hydrogen) atoms. The quantitative estimate of drug-likeness (QED) is 0.213. The number of nitro benzene ring substituents is 1. The van der Waals surface area contributed by atoms with Gasteiger partial charge in [-0.05, 0) is 30.7 Å². The van der Waals surface area contributed by atoms with E-state index in [1.807, 2.05) is 0 Å². The predicted octanol–water partition coefficient (Wildman–Crippen LogP) is 4.01. The maximum absolute atomic E-state index is 12.6. The van der Waals surface area contributed by atoms with Crippen molar-refractivity contribution in [2.45, 2.75) is 12.8 Å². The molecule has 1 aromatic heterocycles. The number of thioether (sulfide) groups is 1. The SMILES string of the molecule is COC(=O)CCCN1C(=O)/C(=C\c2ccc(-c3ccc([N+](=O)[O-])cc3)o2)SC1=S. The molecule has 10 heteroatoms. The van der Waals surface area contributed by atoms with E-state index in [4.69, 9.17) is 16.6 Å². The Kier molecular flexibility index (Phi) is 6.45. The molecule has 2 aromatic rings. The van der Waals surface area contributed by atoms with Gasteiger partial charge in [0.2, 0.25) is 0 Å². The van der Waals surface area contributed by atoms with E-state index in [1.54, 1.807) is 30.3 Å². The van der Waals surface area contributed by atoms with E-state index in [1.165, 1.54) is 35.9 Å². The second kappa shape index (κ2) is 9.01. The molecule has 150 valence electrons. The Morgan fingerprint density at radius 2 is 2.03 bits per heavy atom. The Labute approximate surface area is 175 Å². The molecular formula is C19H16N2O6S2. The van der Waals surface area contributed by atoms with E-state index < -0.39 is 4.92 Å². The summed E-state index contributed by atoms with van der Waals surface area (Å²) in [7, 11) is 1.32. The number of nitrogens with zero attached hydrogens (tertiary/aromatic N) is 2. The molecule has 8 nitrogen and oxygen atoms in total. The zero-order chi connectivity index (χ0) is 21.0. The predicted molar refractivity (Wildman–Crippen MR) is 112 cm³/mol. The van der Waals surface area contributed by atoms with Crippen molar-refractivity contribution in [3.05, 3.63) is 57.2 Å². The van der Waals surface area contributed by atoms with Gasteiger partial charge in [-0.25, -0.2) is 0 Å². The van der Waals surface area contributed by atoms with Gasteiger partial charge in [0.25, 0.3) is 11.6 Å². The van der Waals surface area contributed by atoms with Crippen molar-refractivity contribution in [1.29, 1.82) is 0 Å². The molecule has 0 aliphatic carbocycles. The van der Waals surface area contributed by atoms with Crippen molar-refractivity contribution in [3.8, 4) is 11.3 Å². The summed E-state index contributed by atoms with van der Waals surface area (Å²) < 4.78 is 10.8. The highest BCUT2D eigenvalue weighted by atomic mass is 32.2. The first-order valence-corrected chi connectivity index (χ1v) is 9.78. The zero-order valence-corrected chi connectivity index (χ0v) is 17.0. The first kappa shape index (κ1) is 20.7. The van der Waals surface area contributed by atoms with Crippen molar-refractivity contribution in [1.82, 2.24) is 4.90 Å². The number of non-ortho nitro benzene ring substituents is 1. The minimum Gasteiger partial charge on any atom is -0.469 e. The van der Waals surface area contributed by atoms with Crippen molar-refractivity contribution in [2.24, 2.45) is 0 Å². The molecule has 1 saturated heterocycles. The zero-order valence-electron chi connectivity index (χ0n) is 15.3. The number of methoxy groups -OCH3 is 1. The van der Waals surface area contributed by atoms with Crippen LogP contribution in [0, 0.1) is 10.1 Å². The Morgan fingerprint density at radius 1 is 1.31 bits per heavy atom. The largest absolute Gasteiger partial charge is 0.469 e. The molecule has 0 unspecified atom stereocenters. The molecule has 0 N–H and O–H groups in total. The Bertz CT molecular complexity index is 996. The molecule has 0 saturated carbocycles. The fraction of sp³-hybridized carbons (Fsp3) is 0.211. The van der Waals surface area contributed by atoms with Gasteiger partial charge in [0.15, 0.2) is 0 Å². The van der Waals surface area contributed by atoms with Gasteiger partial charge in [0.1, 0.15) is 15.8 Å². The smallest absolute Gasteiger partial charge is 0.305 e. The number of amides is 1. The van der Waals surface area contributed by atoms with E-state index >= 15 is 0 Å². The molecule has 1 fully saturated rings. The van der Waals surface area contributed by atoms with Gasteiger partial charge in [-0.2, -0.15) is 0 Å². The Morgan fingerprint density at radius 3 is 2.69 bits per heavy atom. The van der Waals surface area contributed by atoms with Gasteiger partial charge in [-0.15, -0.1) is 0 Å². The van der Waals surface area contributed by atoms with E-state index in [0.29, 0.717) is 39.3 Å². The summed E-state index contributed by atoms with van der Waals surface area (Å²) in [6, 6.07) is 9.43. The third kappa shape index (κ3) is 4.90. The normalized spacial score (nSPS) is 15.2. The number of hydrogen-bond acceptors (Lipinski definition) is 8. The third-order valence-corrected chi connectivity index (χ3v) is 5.50. The van der Waals surface area contributed by atoms with Gasteiger partial charge in [0, 0.05) is 36.7 Å². The lowest BCUT2D eigenvalue weighted by Gasteiger charge is -2.13. The van der Waals surface area contributed by atoms with Crippen LogP contribution < -0.4 is 0 Å². The summed E-state index contributed by atoms with van der Waals surface area (Å²) in [6.07, 6.45) is 2.27. The van der Waals surface area contributed by atoms with Crippen LogP contribution in [0.25, 0.3) is 17.4 Å². The van der Waals surface area contributed by atoms with Crippen LogP contribution in [-0.4, -0.2) is 39.7 Å². The fourth-order valence-electron chi connectivity index (χ4n) is 2.64. The number of esters is 1. The summed E-state index contributed by atoms with van der Waals surface area (Å²) >= 11 is 6.43. The molecule has 0 atom stereocenters. The van der Waals surface area contributed by atoms with Gasteiger partial charge in [-0.1, -0.05) is 24.0 Å². The van der Waals surface area contributed by atoms with Gasteiger partial charge in [-0.3, -0.25) is 24.6 Å². The molecule has 1 aliphatic heterocycles. The molecule has 0 spiro atoms. The highest BCUT2D eigenvalue weighted by Crippen LogP contribution is 2.34. The van der Waals surface area contributed by atoms with Crippen LogP contribution in [0.1, 0.15) is 18.6 Å². The van der Waals surface area contributed by atoms with Crippen LogP contribution in [0.2, 0.25) is 0 Å². The number of nitro groups is 1. The number of rotatable bonds is 7. The standard InChI is InChI=1S/C19H16N2O6S2/c1-26-17(22)3-2-10-20-18(23)16(29-19(20)28)11-14-8-9-15(27-14)12-4-6-13(7-5-12)21(24)25/h4-9,11H,2-3,10H2,1H3/b16-11+. The van der Waals surface area contributed by atoms with Crippen LogP contribution >= 0.6 is 24.0 Å². The molecular weight excluding hydrogens is 416 g/mol. The number of carbonyl (C=O) groups is 2. The van der Waals surface area contributed by atoms with Crippen LogP contribution in [0.4, 0.5) is 5.69 Å². The molecule has 1 amide bonds. The van der Waals surface area contributed by atoms with Crippen LogP contribution in [0.5, 0.6) is 0 Å². The minimum absolute atomic E-state index is 0.00333. The Hall–Kier alpha value is -2.98. The van der Waals surface area contributed by atoms with E-state index in [0.717, 1.165) is 0 Å². The molecule has 3 rings (SSSR count).